The maximum atomic E-state index is 4.47. The zero-order valence-electron chi connectivity index (χ0n) is 16.2. The van der Waals surface area contributed by atoms with Gasteiger partial charge in [0.1, 0.15) is 0 Å². The van der Waals surface area contributed by atoms with Gasteiger partial charge in [0.15, 0.2) is 11.5 Å². The van der Waals surface area contributed by atoms with Crippen molar-refractivity contribution < 1.29 is 0 Å². The molecule has 144 valence electrons. The van der Waals surface area contributed by atoms with Crippen molar-refractivity contribution in [1.29, 1.82) is 0 Å². The summed E-state index contributed by atoms with van der Waals surface area (Å²) in [5.74, 6) is 2.11. The molecule has 0 spiro atoms. The average Bonchev–Trinajstić information content (AvgIpc) is 3.17. The van der Waals surface area contributed by atoms with Gasteiger partial charge in [0.25, 0.3) is 0 Å². The van der Waals surface area contributed by atoms with Crippen LogP contribution < -0.4 is 5.32 Å². The molecule has 0 unspecified atom stereocenters. The van der Waals surface area contributed by atoms with E-state index in [1.807, 2.05) is 30.0 Å². The molecule has 0 saturated carbocycles. The van der Waals surface area contributed by atoms with Crippen LogP contribution in [0, 0.1) is 0 Å². The van der Waals surface area contributed by atoms with Crippen LogP contribution >= 0.6 is 11.8 Å². The summed E-state index contributed by atoms with van der Waals surface area (Å²) in [7, 11) is 0. The third kappa shape index (κ3) is 4.21. The fourth-order valence-corrected chi connectivity index (χ4v) is 4.19. The number of hydrogen-bond acceptors (Lipinski definition) is 4. The van der Waals surface area contributed by atoms with E-state index < -0.39 is 0 Å². The van der Waals surface area contributed by atoms with E-state index in [1.54, 1.807) is 0 Å². The molecule has 2 heterocycles. The first kappa shape index (κ1) is 19.0. The third-order valence-corrected chi connectivity index (χ3v) is 5.80. The molecule has 4 aromatic rings. The highest BCUT2D eigenvalue weighted by atomic mass is 32.2. The Morgan fingerprint density at radius 3 is 2.79 bits per heavy atom. The normalized spacial score (nSPS) is 12.6. The molecule has 0 aliphatic rings. The minimum atomic E-state index is 0.220. The van der Waals surface area contributed by atoms with Crippen LogP contribution in [0.1, 0.15) is 30.3 Å². The number of nitrogens with zero attached hydrogens (tertiary/aromatic N) is 3. The molecule has 28 heavy (non-hydrogen) atoms. The zero-order valence-corrected chi connectivity index (χ0v) is 17.0. The van der Waals surface area contributed by atoms with Gasteiger partial charge in [-0.2, -0.15) is 11.8 Å². The molecule has 1 N–H and O–H groups in total. The second-order valence-electron chi connectivity index (χ2n) is 7.02. The smallest absolute Gasteiger partial charge is 0.160 e. The lowest BCUT2D eigenvalue weighted by molar-refractivity contribution is 0.487. The summed E-state index contributed by atoms with van der Waals surface area (Å²) < 4.78 is 2.10. The van der Waals surface area contributed by atoms with Crippen molar-refractivity contribution in [2.45, 2.75) is 25.3 Å². The van der Waals surface area contributed by atoms with E-state index in [0.717, 1.165) is 43.0 Å². The van der Waals surface area contributed by atoms with Crippen molar-refractivity contribution in [1.82, 2.24) is 19.9 Å². The van der Waals surface area contributed by atoms with E-state index in [2.05, 4.69) is 74.8 Å². The minimum absolute atomic E-state index is 0.220. The van der Waals surface area contributed by atoms with Crippen LogP contribution in [0.15, 0.2) is 66.9 Å². The molecular formula is C23H26N4S. The van der Waals surface area contributed by atoms with Crippen molar-refractivity contribution in [3.63, 3.8) is 0 Å². The highest BCUT2D eigenvalue weighted by Crippen LogP contribution is 2.21. The minimum Gasteiger partial charge on any atom is -0.307 e. The first-order valence-electron chi connectivity index (χ1n) is 9.85. The molecule has 4 nitrogen and oxygen atoms in total. The summed E-state index contributed by atoms with van der Waals surface area (Å²) in [6.07, 6.45) is 7.42. The van der Waals surface area contributed by atoms with Crippen LogP contribution in [0.25, 0.3) is 16.4 Å². The predicted molar refractivity (Wildman–Crippen MR) is 119 cm³/mol. The van der Waals surface area contributed by atoms with Crippen LogP contribution in [0.4, 0.5) is 0 Å². The second-order valence-corrected chi connectivity index (χ2v) is 8.00. The molecule has 0 fully saturated rings. The summed E-state index contributed by atoms with van der Waals surface area (Å²) >= 11 is 1.87. The quantitative estimate of drug-likeness (QED) is 0.413. The maximum Gasteiger partial charge on any atom is 0.160 e. The lowest BCUT2D eigenvalue weighted by atomic mass is 10.0. The lowest BCUT2D eigenvalue weighted by Gasteiger charge is -2.17. The highest BCUT2D eigenvalue weighted by Gasteiger charge is 2.17. The third-order valence-electron chi connectivity index (χ3n) is 5.16. The summed E-state index contributed by atoms with van der Waals surface area (Å²) in [6.45, 7) is 0.962. The molecule has 2 aromatic heterocycles. The second kappa shape index (κ2) is 9.22. The molecule has 5 heteroatoms. The van der Waals surface area contributed by atoms with Gasteiger partial charge < -0.3 is 5.32 Å². The van der Waals surface area contributed by atoms with E-state index in [-0.39, 0.29) is 6.04 Å². The van der Waals surface area contributed by atoms with Crippen molar-refractivity contribution in [2.75, 3.05) is 18.6 Å². The van der Waals surface area contributed by atoms with Gasteiger partial charge in [0.05, 0.1) is 6.04 Å². The molecular weight excluding hydrogens is 364 g/mol. The molecule has 1 atom stereocenters. The first-order chi connectivity index (χ1) is 13.9. The van der Waals surface area contributed by atoms with Crippen molar-refractivity contribution in [3.8, 4) is 0 Å². The van der Waals surface area contributed by atoms with Gasteiger partial charge in [-0.25, -0.2) is 0 Å². The van der Waals surface area contributed by atoms with Gasteiger partial charge in [-0.05, 0) is 66.3 Å². The number of nitrogens with one attached hydrogen (secondary N) is 1. The van der Waals surface area contributed by atoms with E-state index in [0.29, 0.717) is 0 Å². The largest absolute Gasteiger partial charge is 0.307 e. The van der Waals surface area contributed by atoms with E-state index in [9.17, 15) is 0 Å². The number of aromatic nitrogens is 3. The fraction of sp³-hybridized carbons (Fsp3) is 0.304. The summed E-state index contributed by atoms with van der Waals surface area (Å²) in [5.41, 5.74) is 2.33. The van der Waals surface area contributed by atoms with Gasteiger partial charge in [-0.3, -0.25) is 4.40 Å². The van der Waals surface area contributed by atoms with Gasteiger partial charge in [-0.15, -0.1) is 10.2 Å². The van der Waals surface area contributed by atoms with E-state index in [1.165, 1.54) is 16.3 Å². The van der Waals surface area contributed by atoms with E-state index in [4.69, 9.17) is 0 Å². The zero-order chi connectivity index (χ0) is 19.2. The monoisotopic (exact) mass is 390 g/mol. The van der Waals surface area contributed by atoms with Gasteiger partial charge in [0.2, 0.25) is 0 Å². The molecule has 4 rings (SSSR count). The Bertz CT molecular complexity index is 1040. The van der Waals surface area contributed by atoms with Crippen molar-refractivity contribution >= 4 is 28.2 Å². The van der Waals surface area contributed by atoms with Crippen LogP contribution in [0.5, 0.6) is 0 Å². The number of thioether (sulfide) groups is 1. The Hall–Kier alpha value is -2.37. The Labute approximate surface area is 170 Å². The number of pyridine rings is 1. The summed E-state index contributed by atoms with van der Waals surface area (Å²) in [6, 6.07) is 21.5. The molecule has 0 aliphatic carbocycles. The van der Waals surface area contributed by atoms with Gasteiger partial charge >= 0.3 is 0 Å². The lowest BCUT2D eigenvalue weighted by Crippen LogP contribution is -2.25. The Balaban J connectivity index is 1.42. The van der Waals surface area contributed by atoms with Crippen LogP contribution in [-0.2, 0) is 6.42 Å². The van der Waals surface area contributed by atoms with Crippen LogP contribution in [0.3, 0.4) is 0 Å². The Morgan fingerprint density at radius 1 is 1.00 bits per heavy atom. The molecule has 0 aliphatic heterocycles. The molecule has 2 aromatic carbocycles. The predicted octanol–water partition coefficient (Wildman–Crippen LogP) is 4.90. The molecule has 0 saturated heterocycles. The SMILES string of the molecule is CSCC[C@H](NCCCc1cccc2ccccc12)c1nnc2ccccn12. The highest BCUT2D eigenvalue weighted by molar-refractivity contribution is 7.98. The number of fused-ring (bicyclic) bond motifs is 2. The van der Waals surface area contributed by atoms with Gasteiger partial charge in [-0.1, -0.05) is 48.5 Å². The molecule has 0 radical (unpaired) electrons. The van der Waals surface area contributed by atoms with Crippen molar-refractivity contribution in [3.05, 3.63) is 78.2 Å². The van der Waals surface area contributed by atoms with Crippen molar-refractivity contribution in [2.24, 2.45) is 0 Å². The Morgan fingerprint density at radius 2 is 1.86 bits per heavy atom. The Kier molecular flexibility index (Phi) is 6.24. The van der Waals surface area contributed by atoms with Crippen LogP contribution in [-0.4, -0.2) is 33.2 Å². The number of rotatable bonds is 9. The molecule has 0 amide bonds. The fourth-order valence-electron chi connectivity index (χ4n) is 3.72. The number of hydrogen-bond donors (Lipinski definition) is 1. The standard InChI is InChI=1S/C23H26N4S/c1-28-17-14-21(23-26-25-22-13-4-5-16-27(22)23)24-15-7-11-19-10-6-9-18-8-2-3-12-20(18)19/h2-6,8-10,12-13,16,21,24H,7,11,14-15,17H2,1H3/t21-/m0/s1. The van der Waals surface area contributed by atoms with Crippen LogP contribution in [0.2, 0.25) is 0 Å². The van der Waals surface area contributed by atoms with E-state index >= 15 is 0 Å². The molecule has 0 bridgehead atoms. The topological polar surface area (TPSA) is 42.2 Å². The summed E-state index contributed by atoms with van der Waals surface area (Å²) in [4.78, 5) is 0. The van der Waals surface area contributed by atoms with Gasteiger partial charge in [0, 0.05) is 6.20 Å². The first-order valence-corrected chi connectivity index (χ1v) is 11.2. The number of aryl methyl sites for hydroxylation is 1. The summed E-state index contributed by atoms with van der Waals surface area (Å²) in [5, 5.41) is 15.2. The number of benzene rings is 2. The maximum absolute atomic E-state index is 4.47. The average molecular weight is 391 g/mol.